The molecule has 0 bridgehead atoms. The minimum absolute atomic E-state index is 0.0993. The molecule has 4 saturated heterocycles. The number of alkyl halides is 1. The van der Waals surface area contributed by atoms with Gasteiger partial charge in [0, 0.05) is 86.1 Å². The van der Waals surface area contributed by atoms with Crippen molar-refractivity contribution in [3.63, 3.8) is 0 Å². The molecule has 5 unspecified atom stereocenters. The standard InChI is InChI=1S/C49H62Cl4N12O2/c1-5-42(52)39(9-6-12-50)32(4)64-48-46(31(3)59-64)54-22-45(56-48)62-26-37(27-62)35-18-33(23-61(25-35)15-17-67)19-44(40-11-10-38(51)20-43(40)53)65-47-41(30(2)58-65)21-55-49(57-47)63-28-36(29-63)34-8-7-13-60(24-34)14-16-66/h5-6,9-11,20-22,32-37,44,66-67H,1,7-8,12-19,23-29H2,2-4H3/b9-6-,42-39-. The number of aliphatic hydroxyl groups is 2. The number of rotatable bonds is 17. The number of fused-ring (bicyclic) bond motifs is 2. The molecule has 1 aromatic carbocycles. The maximum atomic E-state index is 10.2. The molecule has 9 rings (SSSR count). The molecule has 5 atom stereocenters. The van der Waals surface area contributed by atoms with Crippen LogP contribution in [0, 0.1) is 43.4 Å². The van der Waals surface area contributed by atoms with Crippen LogP contribution < -0.4 is 9.80 Å². The molecule has 4 aliphatic heterocycles. The number of allylic oxidation sites excluding steroid dienone is 5. The van der Waals surface area contributed by atoms with E-state index in [1.54, 1.807) is 6.08 Å². The highest BCUT2D eigenvalue weighted by molar-refractivity contribution is 6.35. The van der Waals surface area contributed by atoms with Crippen molar-refractivity contribution in [3.8, 4) is 0 Å². The largest absolute Gasteiger partial charge is 0.395 e. The number of anilines is 2. The summed E-state index contributed by atoms with van der Waals surface area (Å²) in [6.45, 7) is 19.0. The van der Waals surface area contributed by atoms with Crippen molar-refractivity contribution in [2.45, 2.75) is 58.5 Å². The number of halogens is 4. The van der Waals surface area contributed by atoms with E-state index >= 15 is 0 Å². The Morgan fingerprint density at radius 3 is 2.33 bits per heavy atom. The van der Waals surface area contributed by atoms with Crippen molar-refractivity contribution < 1.29 is 10.2 Å². The van der Waals surface area contributed by atoms with Crippen LogP contribution in [0.4, 0.5) is 11.8 Å². The molecule has 4 fully saturated rings. The maximum absolute atomic E-state index is 10.2. The van der Waals surface area contributed by atoms with Gasteiger partial charge >= 0.3 is 0 Å². The second-order valence-electron chi connectivity index (χ2n) is 19.1. The second-order valence-corrected chi connectivity index (χ2v) is 20.7. The highest BCUT2D eigenvalue weighted by Gasteiger charge is 2.41. The molecule has 2 N–H and O–H groups in total. The van der Waals surface area contributed by atoms with Gasteiger partial charge < -0.3 is 29.8 Å². The van der Waals surface area contributed by atoms with Crippen molar-refractivity contribution >= 4 is 80.4 Å². The zero-order valence-corrected chi connectivity index (χ0v) is 41.7. The molecule has 18 heteroatoms. The van der Waals surface area contributed by atoms with Gasteiger partial charge in [-0.05, 0) is 106 Å². The summed E-state index contributed by atoms with van der Waals surface area (Å²) in [7, 11) is 0. The molecule has 4 aromatic heterocycles. The minimum Gasteiger partial charge on any atom is -0.395 e. The third kappa shape index (κ3) is 10.1. The molecule has 358 valence electrons. The first-order chi connectivity index (χ1) is 32.5. The van der Waals surface area contributed by atoms with Crippen LogP contribution in [0.1, 0.15) is 61.6 Å². The van der Waals surface area contributed by atoms with Crippen LogP contribution in [0.2, 0.25) is 10.0 Å². The summed E-state index contributed by atoms with van der Waals surface area (Å²) in [6, 6.07) is 5.31. The lowest BCUT2D eigenvalue weighted by molar-refractivity contribution is 0.0603. The third-order valence-electron chi connectivity index (χ3n) is 14.8. The van der Waals surface area contributed by atoms with E-state index in [1.807, 2.05) is 68.2 Å². The molecule has 4 aliphatic rings. The van der Waals surface area contributed by atoms with E-state index in [4.69, 9.17) is 76.5 Å². The number of aromatic nitrogens is 8. The van der Waals surface area contributed by atoms with Crippen molar-refractivity contribution in [2.24, 2.45) is 29.6 Å². The number of hydrogen-bond donors (Lipinski definition) is 2. The average molecular weight is 993 g/mol. The summed E-state index contributed by atoms with van der Waals surface area (Å²) in [5.74, 6) is 4.22. The van der Waals surface area contributed by atoms with E-state index in [2.05, 4.69) is 30.9 Å². The van der Waals surface area contributed by atoms with Crippen LogP contribution in [0.15, 0.2) is 66.0 Å². The summed E-state index contributed by atoms with van der Waals surface area (Å²) in [4.78, 5) is 29.6. The number of hydrogen-bond acceptors (Lipinski definition) is 12. The predicted octanol–water partition coefficient (Wildman–Crippen LogP) is 8.11. The lowest BCUT2D eigenvalue weighted by Gasteiger charge is -2.49. The molecule has 0 spiro atoms. The molecule has 14 nitrogen and oxygen atoms in total. The number of aliphatic hydroxyl groups excluding tert-OH is 2. The molecule has 0 radical (unpaired) electrons. The molecule has 0 aliphatic carbocycles. The molecule has 0 saturated carbocycles. The van der Waals surface area contributed by atoms with Crippen molar-refractivity contribution in [2.75, 3.05) is 94.3 Å². The van der Waals surface area contributed by atoms with Crippen molar-refractivity contribution in [3.05, 3.63) is 93.0 Å². The lowest BCUT2D eigenvalue weighted by atomic mass is 9.75. The molecule has 8 heterocycles. The summed E-state index contributed by atoms with van der Waals surface area (Å²) in [5, 5.41) is 32.5. The Kier molecular flexibility index (Phi) is 15.1. The number of likely N-dealkylation sites (tertiary alicyclic amines) is 2. The van der Waals surface area contributed by atoms with E-state index in [0.29, 0.717) is 56.8 Å². The fourth-order valence-corrected chi connectivity index (χ4v) is 12.0. The second kappa shape index (κ2) is 21.0. The zero-order chi connectivity index (χ0) is 46.9. The summed E-state index contributed by atoms with van der Waals surface area (Å²) < 4.78 is 3.98. The average Bonchev–Trinajstić information content (AvgIpc) is 3.79. The molecular weight excluding hydrogens is 930 g/mol. The summed E-state index contributed by atoms with van der Waals surface area (Å²) >= 11 is 26.2. The minimum atomic E-state index is -0.235. The van der Waals surface area contributed by atoms with E-state index < -0.39 is 0 Å². The Morgan fingerprint density at radius 2 is 1.58 bits per heavy atom. The van der Waals surface area contributed by atoms with Gasteiger partial charge in [-0.1, -0.05) is 65.7 Å². The number of β-amino-alcohol motifs (C(OH)–C–C–N with tert-alkyl or cyclic N) is 2. The molecular formula is C49H62Cl4N12O2. The topological polar surface area (TPSA) is 141 Å². The fraction of sp³-hybridized carbons (Fsp3) is 0.551. The Bertz CT molecular complexity index is 2620. The summed E-state index contributed by atoms with van der Waals surface area (Å²) in [6.07, 6.45) is 13.4. The molecule has 67 heavy (non-hydrogen) atoms. The van der Waals surface area contributed by atoms with Gasteiger partial charge in [-0.2, -0.15) is 15.2 Å². The number of piperidine rings is 2. The van der Waals surface area contributed by atoms with Crippen LogP contribution in [0.3, 0.4) is 0 Å². The molecule has 0 amide bonds. The Morgan fingerprint density at radius 1 is 0.851 bits per heavy atom. The SMILES string of the molecule is C=C/C(Cl)=C(\C=C/CCl)C(C)n1nc(C)c2ncc(N3CC(C4CC(CC(c5ccc(Cl)cc5Cl)n5nc(C)c6cnc(N7CC(C8CCCN(CCO)C8)C7)nc65)CN(CCO)C4)C3)nc21. The smallest absolute Gasteiger partial charge is 0.227 e. The Hall–Kier alpha value is -3.86. The van der Waals surface area contributed by atoms with Gasteiger partial charge in [0.2, 0.25) is 5.95 Å². The number of benzene rings is 1. The fourth-order valence-electron chi connectivity index (χ4n) is 11.2. The monoisotopic (exact) mass is 990 g/mol. The lowest BCUT2D eigenvalue weighted by Crippen LogP contribution is -2.55. The van der Waals surface area contributed by atoms with E-state index in [9.17, 15) is 10.2 Å². The quantitative estimate of drug-likeness (QED) is 0.0687. The van der Waals surface area contributed by atoms with Crippen LogP contribution in [0.25, 0.3) is 22.2 Å². The Balaban J connectivity index is 0.944. The van der Waals surface area contributed by atoms with Gasteiger partial charge in [0.15, 0.2) is 11.3 Å². The first-order valence-corrected chi connectivity index (χ1v) is 25.4. The number of nitrogens with zero attached hydrogens (tertiary/aromatic N) is 12. The normalized spacial score (nSPS) is 22.7. The van der Waals surface area contributed by atoms with Crippen LogP contribution in [-0.2, 0) is 0 Å². The van der Waals surface area contributed by atoms with Crippen molar-refractivity contribution in [1.29, 1.82) is 0 Å². The van der Waals surface area contributed by atoms with Gasteiger partial charge in [0.1, 0.15) is 11.3 Å². The van der Waals surface area contributed by atoms with Gasteiger partial charge in [0.05, 0.1) is 48.3 Å². The van der Waals surface area contributed by atoms with Crippen LogP contribution >= 0.6 is 46.4 Å². The maximum Gasteiger partial charge on any atom is 0.227 e. The Labute approximate surface area is 413 Å². The third-order valence-corrected chi connectivity index (χ3v) is 15.9. The van der Waals surface area contributed by atoms with E-state index in [0.717, 1.165) is 123 Å². The zero-order valence-electron chi connectivity index (χ0n) is 38.7. The van der Waals surface area contributed by atoms with Gasteiger partial charge in [0.25, 0.3) is 0 Å². The van der Waals surface area contributed by atoms with Crippen LogP contribution in [0.5, 0.6) is 0 Å². The molecule has 5 aromatic rings. The van der Waals surface area contributed by atoms with Gasteiger partial charge in [-0.15, -0.1) is 11.6 Å². The summed E-state index contributed by atoms with van der Waals surface area (Å²) in [5.41, 5.74) is 5.73. The van der Waals surface area contributed by atoms with Gasteiger partial charge in [-0.3, -0.25) is 0 Å². The first-order valence-electron chi connectivity index (χ1n) is 23.8. The van der Waals surface area contributed by atoms with Gasteiger partial charge in [-0.25, -0.2) is 24.3 Å². The van der Waals surface area contributed by atoms with Crippen LogP contribution in [-0.4, -0.2) is 144 Å². The predicted molar refractivity (Wildman–Crippen MR) is 270 cm³/mol. The van der Waals surface area contributed by atoms with E-state index in [-0.39, 0.29) is 31.2 Å². The highest BCUT2D eigenvalue weighted by atomic mass is 35.5. The first kappa shape index (κ1) is 48.2. The van der Waals surface area contributed by atoms with E-state index in [1.165, 1.54) is 12.8 Å². The van der Waals surface area contributed by atoms with Crippen molar-refractivity contribution in [1.82, 2.24) is 49.3 Å². The highest BCUT2D eigenvalue weighted by Crippen LogP contribution is 2.42. The number of aryl methyl sites for hydroxylation is 2.